The third-order valence-corrected chi connectivity index (χ3v) is 12.8. The second-order valence-corrected chi connectivity index (χ2v) is 15.9. The number of piperidine rings is 2. The molecule has 2 saturated heterocycles. The van der Waals surface area contributed by atoms with Gasteiger partial charge < -0.3 is 4.90 Å². The molecular formula is C49H39N5. The number of para-hydroxylation sites is 4. The first-order valence-corrected chi connectivity index (χ1v) is 19.6. The Balaban J connectivity index is 1.13. The first-order chi connectivity index (χ1) is 26.7. The van der Waals surface area contributed by atoms with Crippen molar-refractivity contribution in [2.75, 3.05) is 4.90 Å². The van der Waals surface area contributed by atoms with Crippen molar-refractivity contribution in [1.82, 2.24) is 19.1 Å². The van der Waals surface area contributed by atoms with Crippen LogP contribution in [0.25, 0.3) is 77.8 Å². The van der Waals surface area contributed by atoms with Gasteiger partial charge in [-0.3, -0.25) is 9.13 Å². The van der Waals surface area contributed by atoms with E-state index in [0.29, 0.717) is 12.1 Å². The zero-order valence-electron chi connectivity index (χ0n) is 30.0. The molecule has 0 atom stereocenters. The molecule has 13 rings (SSSR count). The molecule has 5 heteroatoms. The summed E-state index contributed by atoms with van der Waals surface area (Å²) >= 11 is 0. The quantitative estimate of drug-likeness (QED) is 0.180. The Morgan fingerprint density at radius 1 is 0.407 bits per heavy atom. The highest BCUT2D eigenvalue weighted by Crippen LogP contribution is 2.52. The molecule has 4 aliphatic rings. The minimum Gasteiger partial charge on any atom is -0.365 e. The SMILES string of the molecule is c1ccc(-c2ccc3c(c2)c2ccccc2n3-c2cc(-n3c4ccccc4c4ccccc43)nc(-c3ccccc3N3C4CC5CC(C4)CC3C5)n2)cc1. The van der Waals surface area contributed by atoms with Gasteiger partial charge in [-0.15, -0.1) is 0 Å². The Kier molecular flexibility index (Phi) is 6.53. The van der Waals surface area contributed by atoms with Crippen LogP contribution in [0.1, 0.15) is 32.1 Å². The van der Waals surface area contributed by atoms with Crippen LogP contribution in [-0.4, -0.2) is 31.2 Å². The van der Waals surface area contributed by atoms with Crippen LogP contribution >= 0.6 is 0 Å². The number of nitrogens with zero attached hydrogens (tertiary/aromatic N) is 5. The van der Waals surface area contributed by atoms with Gasteiger partial charge in [0, 0.05) is 50.9 Å². The molecule has 5 heterocycles. The molecule has 9 aromatic rings. The molecule has 3 aromatic heterocycles. The van der Waals surface area contributed by atoms with E-state index in [-0.39, 0.29) is 0 Å². The molecule has 2 aliphatic heterocycles. The van der Waals surface area contributed by atoms with Crippen molar-refractivity contribution in [1.29, 1.82) is 0 Å². The Hall–Kier alpha value is -6.20. The van der Waals surface area contributed by atoms with E-state index in [2.05, 4.69) is 166 Å². The molecule has 0 radical (unpaired) electrons. The lowest BCUT2D eigenvalue weighted by Gasteiger charge is -2.57. The first-order valence-electron chi connectivity index (χ1n) is 19.6. The molecule has 0 unspecified atom stereocenters. The summed E-state index contributed by atoms with van der Waals surface area (Å²) in [5.41, 5.74) is 9.36. The molecule has 0 N–H and O–H groups in total. The van der Waals surface area contributed by atoms with Crippen molar-refractivity contribution >= 4 is 49.3 Å². The van der Waals surface area contributed by atoms with Crippen LogP contribution in [0.5, 0.6) is 0 Å². The van der Waals surface area contributed by atoms with Crippen LogP contribution in [0.15, 0.2) is 152 Å². The highest BCUT2D eigenvalue weighted by atomic mass is 15.2. The maximum atomic E-state index is 5.58. The number of rotatable bonds is 5. The van der Waals surface area contributed by atoms with E-state index >= 15 is 0 Å². The van der Waals surface area contributed by atoms with E-state index in [0.717, 1.165) is 56.9 Å². The fourth-order valence-electron chi connectivity index (χ4n) is 10.8. The Labute approximate surface area is 314 Å². The predicted octanol–water partition coefficient (Wildman–Crippen LogP) is 11.8. The molecular weight excluding hydrogens is 659 g/mol. The number of aromatic nitrogens is 4. The number of hydrogen-bond acceptors (Lipinski definition) is 3. The lowest BCUT2D eigenvalue weighted by atomic mass is 9.63. The molecule has 5 nitrogen and oxygen atoms in total. The van der Waals surface area contributed by atoms with Crippen LogP contribution in [0.2, 0.25) is 0 Å². The lowest BCUT2D eigenvalue weighted by molar-refractivity contribution is 0.0901. The highest BCUT2D eigenvalue weighted by molar-refractivity contribution is 6.11. The first kappa shape index (κ1) is 30.3. The monoisotopic (exact) mass is 697 g/mol. The van der Waals surface area contributed by atoms with Gasteiger partial charge in [-0.2, -0.15) is 0 Å². The third-order valence-electron chi connectivity index (χ3n) is 12.8. The zero-order valence-corrected chi connectivity index (χ0v) is 30.0. The molecule has 0 spiro atoms. The average molecular weight is 698 g/mol. The molecule has 2 aliphatic carbocycles. The van der Waals surface area contributed by atoms with E-state index in [1.165, 1.54) is 70.5 Å². The summed E-state index contributed by atoms with van der Waals surface area (Å²) < 4.78 is 4.69. The van der Waals surface area contributed by atoms with Crippen molar-refractivity contribution in [2.45, 2.75) is 44.2 Å². The van der Waals surface area contributed by atoms with Gasteiger partial charge in [-0.05, 0) is 97.5 Å². The second-order valence-electron chi connectivity index (χ2n) is 15.9. The van der Waals surface area contributed by atoms with Gasteiger partial charge in [0.25, 0.3) is 0 Å². The van der Waals surface area contributed by atoms with Gasteiger partial charge in [0.1, 0.15) is 11.6 Å². The van der Waals surface area contributed by atoms with Gasteiger partial charge in [-0.25, -0.2) is 9.97 Å². The summed E-state index contributed by atoms with van der Waals surface area (Å²) in [4.78, 5) is 13.9. The van der Waals surface area contributed by atoms with Gasteiger partial charge in [-0.1, -0.05) is 103 Å². The van der Waals surface area contributed by atoms with Crippen LogP contribution in [0.4, 0.5) is 5.69 Å². The molecule has 260 valence electrons. The summed E-state index contributed by atoms with van der Waals surface area (Å²) in [7, 11) is 0. The van der Waals surface area contributed by atoms with Crippen molar-refractivity contribution < 1.29 is 0 Å². The fraction of sp³-hybridized carbons (Fsp3) is 0.184. The third kappa shape index (κ3) is 4.51. The van der Waals surface area contributed by atoms with Crippen LogP contribution in [0, 0.1) is 11.8 Å². The van der Waals surface area contributed by atoms with Gasteiger partial charge in [0.15, 0.2) is 5.82 Å². The predicted molar refractivity (Wildman–Crippen MR) is 222 cm³/mol. The Bertz CT molecular complexity index is 2840. The standard InChI is InChI=1S/C49H39N5/c1-2-12-33(13-3-1)34-22-23-46-41(29-34)39-16-6-10-20-44(39)54(46)48-30-47(53-42-18-8-4-14-37(42)38-15-5-9-19-43(38)53)50-49(51-48)40-17-7-11-21-45(40)52-35-25-31-24-32(27-35)28-36(52)26-31/h1-23,29-32,35-36H,24-28H2. The normalized spacial score (nSPS) is 20.6. The average Bonchev–Trinajstić information content (AvgIpc) is 3.74. The maximum absolute atomic E-state index is 5.58. The maximum Gasteiger partial charge on any atom is 0.166 e. The number of benzene rings is 6. The number of hydrogen-bond donors (Lipinski definition) is 0. The van der Waals surface area contributed by atoms with Crippen LogP contribution < -0.4 is 4.90 Å². The summed E-state index contributed by atoms with van der Waals surface area (Å²) in [5.74, 6) is 4.27. The van der Waals surface area contributed by atoms with Crippen molar-refractivity contribution in [3.63, 3.8) is 0 Å². The molecule has 54 heavy (non-hydrogen) atoms. The molecule has 2 saturated carbocycles. The Morgan fingerprint density at radius 2 is 0.907 bits per heavy atom. The molecule has 4 bridgehead atoms. The van der Waals surface area contributed by atoms with E-state index < -0.39 is 0 Å². The highest BCUT2D eigenvalue weighted by Gasteiger charge is 2.47. The van der Waals surface area contributed by atoms with E-state index in [9.17, 15) is 0 Å². The van der Waals surface area contributed by atoms with Gasteiger partial charge in [0.2, 0.25) is 0 Å². The smallest absolute Gasteiger partial charge is 0.166 e. The largest absolute Gasteiger partial charge is 0.365 e. The zero-order chi connectivity index (χ0) is 35.3. The number of fused-ring (bicyclic) bond motifs is 6. The topological polar surface area (TPSA) is 38.9 Å². The van der Waals surface area contributed by atoms with Crippen molar-refractivity contribution in [3.05, 3.63) is 152 Å². The van der Waals surface area contributed by atoms with E-state index in [1.54, 1.807) is 0 Å². The van der Waals surface area contributed by atoms with E-state index in [1.807, 2.05) is 0 Å². The second kappa shape index (κ2) is 11.6. The van der Waals surface area contributed by atoms with Crippen molar-refractivity contribution in [3.8, 4) is 34.2 Å². The summed E-state index contributed by atoms with van der Waals surface area (Å²) in [6.07, 6.45) is 6.66. The lowest BCUT2D eigenvalue weighted by Crippen LogP contribution is -2.58. The van der Waals surface area contributed by atoms with Crippen LogP contribution in [-0.2, 0) is 0 Å². The molecule has 4 fully saturated rings. The minimum absolute atomic E-state index is 0.596. The minimum atomic E-state index is 0.596. The fourth-order valence-corrected chi connectivity index (χ4v) is 10.8. The molecule has 0 amide bonds. The van der Waals surface area contributed by atoms with Crippen molar-refractivity contribution in [2.24, 2.45) is 11.8 Å². The number of anilines is 1. The summed E-state index contributed by atoms with van der Waals surface area (Å²) in [5, 5.41) is 4.87. The van der Waals surface area contributed by atoms with E-state index in [4.69, 9.17) is 9.97 Å². The van der Waals surface area contributed by atoms with Gasteiger partial charge >= 0.3 is 0 Å². The van der Waals surface area contributed by atoms with Crippen LogP contribution in [0.3, 0.4) is 0 Å². The molecule has 6 aromatic carbocycles. The summed E-state index contributed by atoms with van der Waals surface area (Å²) in [6, 6.07) is 56.1. The summed E-state index contributed by atoms with van der Waals surface area (Å²) in [6.45, 7) is 0. The Morgan fingerprint density at radius 3 is 1.52 bits per heavy atom. The van der Waals surface area contributed by atoms with Gasteiger partial charge in [0.05, 0.1) is 22.1 Å².